The van der Waals surface area contributed by atoms with Crippen molar-refractivity contribution >= 4 is 23.2 Å². The summed E-state index contributed by atoms with van der Waals surface area (Å²) in [7, 11) is 1.62. The number of anilines is 1. The van der Waals surface area contributed by atoms with Gasteiger partial charge in [0.1, 0.15) is 5.75 Å². The molecule has 1 aliphatic rings. The summed E-state index contributed by atoms with van der Waals surface area (Å²) in [6.07, 6.45) is 1.80. The lowest BCUT2D eigenvalue weighted by molar-refractivity contribution is -0.121. The van der Waals surface area contributed by atoms with Gasteiger partial charge in [0.2, 0.25) is 17.6 Å². The smallest absolute Gasteiger partial charge is 0.241 e. The molecule has 156 valence electrons. The van der Waals surface area contributed by atoms with Gasteiger partial charge in [-0.2, -0.15) is 4.98 Å². The lowest BCUT2D eigenvalue weighted by Crippen LogP contribution is -2.40. The minimum atomic E-state index is -0.0869. The molecule has 1 aliphatic heterocycles. The van der Waals surface area contributed by atoms with Crippen LogP contribution >= 0.6 is 11.6 Å². The van der Waals surface area contributed by atoms with E-state index in [2.05, 4.69) is 20.4 Å². The third-order valence-electron chi connectivity index (χ3n) is 5.14. The second-order valence-electron chi connectivity index (χ2n) is 7.31. The van der Waals surface area contributed by atoms with Crippen molar-refractivity contribution in [3.63, 3.8) is 0 Å². The number of hydrogen-bond acceptors (Lipinski definition) is 6. The molecule has 2 heterocycles. The molecule has 0 saturated carbocycles. The SMILES string of the molecule is COc1ccc(NC(=O)C2CCCN(Cc3nc(-c4cccc(Cl)c4)no3)C2)cc1. The molecule has 1 unspecified atom stereocenters. The first-order valence-electron chi connectivity index (χ1n) is 9.86. The Labute approximate surface area is 180 Å². The summed E-state index contributed by atoms with van der Waals surface area (Å²) in [6.45, 7) is 2.05. The van der Waals surface area contributed by atoms with E-state index in [-0.39, 0.29) is 11.8 Å². The summed E-state index contributed by atoms with van der Waals surface area (Å²) in [6, 6.07) is 14.7. The first-order chi connectivity index (χ1) is 14.6. The van der Waals surface area contributed by atoms with Crippen LogP contribution in [0.1, 0.15) is 18.7 Å². The fourth-order valence-electron chi connectivity index (χ4n) is 3.59. The van der Waals surface area contributed by atoms with Crippen LogP contribution in [0.25, 0.3) is 11.4 Å². The Bertz CT molecular complexity index is 1010. The maximum atomic E-state index is 12.7. The molecule has 3 aromatic rings. The molecule has 8 heteroatoms. The zero-order valence-electron chi connectivity index (χ0n) is 16.7. The van der Waals surface area contributed by atoms with Crippen LogP contribution in [0, 0.1) is 5.92 Å². The number of hydrogen-bond donors (Lipinski definition) is 1. The third-order valence-corrected chi connectivity index (χ3v) is 5.38. The Hall–Kier alpha value is -2.90. The fourth-order valence-corrected chi connectivity index (χ4v) is 3.78. The average Bonchev–Trinajstić information content (AvgIpc) is 3.23. The van der Waals surface area contributed by atoms with Crippen molar-refractivity contribution in [2.24, 2.45) is 5.92 Å². The highest BCUT2D eigenvalue weighted by Crippen LogP contribution is 2.23. The van der Waals surface area contributed by atoms with E-state index in [9.17, 15) is 4.79 Å². The third kappa shape index (κ3) is 4.98. The molecule has 1 atom stereocenters. The van der Waals surface area contributed by atoms with Gasteiger partial charge in [-0.05, 0) is 55.8 Å². The van der Waals surface area contributed by atoms with Crippen molar-refractivity contribution in [3.8, 4) is 17.1 Å². The summed E-state index contributed by atoms with van der Waals surface area (Å²) in [5, 5.41) is 7.67. The number of ether oxygens (including phenoxy) is 1. The van der Waals surface area contributed by atoms with Gasteiger partial charge >= 0.3 is 0 Å². The summed E-state index contributed by atoms with van der Waals surface area (Å²) >= 11 is 6.04. The molecule has 0 radical (unpaired) electrons. The summed E-state index contributed by atoms with van der Waals surface area (Å²) in [5.41, 5.74) is 1.58. The van der Waals surface area contributed by atoms with Gasteiger partial charge in [0.15, 0.2) is 0 Å². The predicted octanol–water partition coefficient (Wildman–Crippen LogP) is 4.25. The van der Waals surface area contributed by atoms with Crippen molar-refractivity contribution in [1.82, 2.24) is 15.0 Å². The van der Waals surface area contributed by atoms with Gasteiger partial charge in [0, 0.05) is 22.8 Å². The molecule has 0 aliphatic carbocycles. The average molecular weight is 427 g/mol. The van der Waals surface area contributed by atoms with E-state index in [1.165, 1.54) is 0 Å². The summed E-state index contributed by atoms with van der Waals surface area (Å²) in [5.74, 6) is 1.74. The maximum absolute atomic E-state index is 12.7. The second-order valence-corrected chi connectivity index (χ2v) is 7.75. The number of methoxy groups -OCH3 is 1. The highest BCUT2D eigenvalue weighted by Gasteiger charge is 2.27. The van der Waals surface area contributed by atoms with Crippen LogP contribution in [0.4, 0.5) is 5.69 Å². The zero-order valence-corrected chi connectivity index (χ0v) is 17.4. The molecule has 0 bridgehead atoms. The summed E-state index contributed by atoms with van der Waals surface area (Å²) < 4.78 is 10.6. The van der Waals surface area contributed by atoms with Crippen LogP contribution in [-0.4, -0.2) is 41.1 Å². The number of nitrogens with one attached hydrogen (secondary N) is 1. The summed E-state index contributed by atoms with van der Waals surface area (Å²) in [4.78, 5) is 19.4. The van der Waals surface area contributed by atoms with Crippen LogP contribution in [0.2, 0.25) is 5.02 Å². The molecule has 1 amide bonds. The molecule has 1 saturated heterocycles. The van der Waals surface area contributed by atoms with Crippen LogP contribution < -0.4 is 10.1 Å². The van der Waals surface area contributed by atoms with E-state index in [1.807, 2.05) is 36.4 Å². The van der Waals surface area contributed by atoms with Gasteiger partial charge in [-0.15, -0.1) is 0 Å². The molecular formula is C22H23ClN4O3. The lowest BCUT2D eigenvalue weighted by Gasteiger charge is -2.30. The Morgan fingerprint density at radius 2 is 2.13 bits per heavy atom. The fraction of sp³-hybridized carbons (Fsp3) is 0.318. The van der Waals surface area contributed by atoms with Crippen molar-refractivity contribution in [2.75, 3.05) is 25.5 Å². The number of nitrogens with zero attached hydrogens (tertiary/aromatic N) is 3. The molecule has 2 aromatic carbocycles. The normalized spacial score (nSPS) is 16.9. The Kier molecular flexibility index (Phi) is 6.30. The van der Waals surface area contributed by atoms with E-state index in [0.717, 1.165) is 36.4 Å². The number of halogens is 1. The number of likely N-dealkylation sites (tertiary alicyclic amines) is 1. The Morgan fingerprint density at radius 3 is 2.90 bits per heavy atom. The van der Waals surface area contributed by atoms with Crippen LogP contribution in [0.3, 0.4) is 0 Å². The molecular weight excluding hydrogens is 404 g/mol. The molecule has 1 fully saturated rings. The van der Waals surface area contributed by atoms with Gasteiger partial charge in [-0.1, -0.05) is 28.9 Å². The molecule has 4 rings (SSSR count). The number of carbonyl (C=O) groups excluding carboxylic acids is 1. The van der Waals surface area contributed by atoms with Crippen molar-refractivity contribution in [2.45, 2.75) is 19.4 Å². The standard InChI is InChI=1S/C22H23ClN4O3/c1-29-19-9-7-18(8-10-19)24-22(28)16-5-3-11-27(13-16)14-20-25-21(26-30-20)15-4-2-6-17(23)12-15/h2,4,6-10,12,16H,3,5,11,13-14H2,1H3,(H,24,28). The number of aromatic nitrogens is 2. The van der Waals surface area contributed by atoms with E-state index >= 15 is 0 Å². The number of benzene rings is 2. The Balaban J connectivity index is 1.35. The lowest BCUT2D eigenvalue weighted by atomic mass is 9.97. The van der Waals surface area contributed by atoms with Crippen molar-refractivity contribution in [1.29, 1.82) is 0 Å². The van der Waals surface area contributed by atoms with Gasteiger partial charge in [-0.25, -0.2) is 0 Å². The van der Waals surface area contributed by atoms with E-state index < -0.39 is 0 Å². The topological polar surface area (TPSA) is 80.5 Å². The first-order valence-corrected chi connectivity index (χ1v) is 10.2. The predicted molar refractivity (Wildman–Crippen MR) is 114 cm³/mol. The number of amides is 1. The van der Waals surface area contributed by atoms with Gasteiger partial charge in [0.25, 0.3) is 0 Å². The zero-order chi connectivity index (χ0) is 20.9. The maximum Gasteiger partial charge on any atom is 0.241 e. The molecule has 1 N–H and O–H groups in total. The van der Waals surface area contributed by atoms with Crippen LogP contribution in [-0.2, 0) is 11.3 Å². The second kappa shape index (κ2) is 9.28. The molecule has 7 nitrogen and oxygen atoms in total. The minimum absolute atomic E-state index is 0.0232. The molecule has 0 spiro atoms. The first kappa shape index (κ1) is 20.4. The van der Waals surface area contributed by atoms with E-state index in [0.29, 0.717) is 29.8 Å². The number of carbonyl (C=O) groups is 1. The van der Waals surface area contributed by atoms with Gasteiger partial charge in [-0.3, -0.25) is 9.69 Å². The van der Waals surface area contributed by atoms with Crippen molar-refractivity contribution in [3.05, 3.63) is 59.4 Å². The van der Waals surface area contributed by atoms with E-state index in [4.69, 9.17) is 20.9 Å². The number of piperidine rings is 1. The minimum Gasteiger partial charge on any atom is -0.497 e. The van der Waals surface area contributed by atoms with Crippen LogP contribution in [0.5, 0.6) is 5.75 Å². The highest BCUT2D eigenvalue weighted by atomic mass is 35.5. The van der Waals surface area contributed by atoms with Gasteiger partial charge < -0.3 is 14.6 Å². The van der Waals surface area contributed by atoms with Crippen LogP contribution in [0.15, 0.2) is 53.1 Å². The molecule has 1 aromatic heterocycles. The van der Waals surface area contributed by atoms with Crippen molar-refractivity contribution < 1.29 is 14.1 Å². The quantitative estimate of drug-likeness (QED) is 0.634. The van der Waals surface area contributed by atoms with E-state index in [1.54, 1.807) is 19.2 Å². The number of rotatable bonds is 6. The monoisotopic (exact) mass is 426 g/mol. The largest absolute Gasteiger partial charge is 0.497 e. The Morgan fingerprint density at radius 1 is 1.30 bits per heavy atom. The highest BCUT2D eigenvalue weighted by molar-refractivity contribution is 6.30. The molecule has 30 heavy (non-hydrogen) atoms. The van der Waals surface area contributed by atoms with Gasteiger partial charge in [0.05, 0.1) is 19.6 Å².